The van der Waals surface area contributed by atoms with Gasteiger partial charge in [0, 0.05) is 28.9 Å². The van der Waals surface area contributed by atoms with E-state index in [1.54, 1.807) is 0 Å². The minimum atomic E-state index is -0.793. The molecule has 0 bridgehead atoms. The van der Waals surface area contributed by atoms with Crippen LogP contribution in [-0.4, -0.2) is 39.3 Å². The SMILES string of the molecule is CCS(=O)CCNc1ncnc(N)c1OC. The first-order valence-electron chi connectivity index (χ1n) is 4.92. The van der Waals surface area contributed by atoms with Crippen LogP contribution in [0.1, 0.15) is 6.92 Å². The van der Waals surface area contributed by atoms with E-state index >= 15 is 0 Å². The van der Waals surface area contributed by atoms with Gasteiger partial charge in [-0.25, -0.2) is 9.97 Å². The molecule has 1 aromatic heterocycles. The van der Waals surface area contributed by atoms with Crippen molar-refractivity contribution < 1.29 is 8.95 Å². The first-order valence-corrected chi connectivity index (χ1v) is 6.41. The molecule has 0 aliphatic rings. The van der Waals surface area contributed by atoms with Crippen LogP contribution >= 0.6 is 0 Å². The number of rotatable bonds is 6. The molecule has 1 rings (SSSR count). The highest BCUT2D eigenvalue weighted by Gasteiger charge is 2.08. The van der Waals surface area contributed by atoms with Crippen molar-refractivity contribution in [3.05, 3.63) is 6.33 Å². The lowest BCUT2D eigenvalue weighted by molar-refractivity contribution is 0.415. The van der Waals surface area contributed by atoms with Gasteiger partial charge in [0.25, 0.3) is 0 Å². The molecule has 90 valence electrons. The lowest BCUT2D eigenvalue weighted by Gasteiger charge is -2.10. The summed E-state index contributed by atoms with van der Waals surface area (Å²) in [7, 11) is 0.712. The fourth-order valence-electron chi connectivity index (χ4n) is 1.14. The smallest absolute Gasteiger partial charge is 0.203 e. The summed E-state index contributed by atoms with van der Waals surface area (Å²) in [6.45, 7) is 2.45. The zero-order chi connectivity index (χ0) is 12.0. The number of methoxy groups -OCH3 is 1. The Morgan fingerprint density at radius 3 is 2.94 bits per heavy atom. The van der Waals surface area contributed by atoms with Gasteiger partial charge in [0.15, 0.2) is 11.6 Å². The van der Waals surface area contributed by atoms with Crippen LogP contribution < -0.4 is 15.8 Å². The first-order chi connectivity index (χ1) is 7.69. The maximum absolute atomic E-state index is 11.2. The number of nitrogens with two attached hydrogens (primary N) is 1. The summed E-state index contributed by atoms with van der Waals surface area (Å²) >= 11 is 0. The lowest BCUT2D eigenvalue weighted by Crippen LogP contribution is -2.14. The molecule has 0 amide bonds. The van der Waals surface area contributed by atoms with Crippen molar-refractivity contribution in [3.63, 3.8) is 0 Å². The summed E-state index contributed by atoms with van der Waals surface area (Å²) in [4.78, 5) is 7.82. The van der Waals surface area contributed by atoms with Gasteiger partial charge in [0.1, 0.15) is 6.33 Å². The normalized spacial score (nSPS) is 12.1. The Morgan fingerprint density at radius 2 is 2.31 bits per heavy atom. The van der Waals surface area contributed by atoms with Crippen LogP contribution in [0.15, 0.2) is 6.33 Å². The molecule has 0 spiro atoms. The molecule has 16 heavy (non-hydrogen) atoms. The van der Waals surface area contributed by atoms with E-state index in [-0.39, 0.29) is 5.82 Å². The Kier molecular flexibility index (Phi) is 4.97. The third kappa shape index (κ3) is 3.34. The predicted octanol–water partition coefficient (Wildman–Crippen LogP) is 0.248. The maximum Gasteiger partial charge on any atom is 0.203 e. The van der Waals surface area contributed by atoms with Gasteiger partial charge in [-0.05, 0) is 0 Å². The average Bonchev–Trinajstić information content (AvgIpc) is 2.29. The Morgan fingerprint density at radius 1 is 1.56 bits per heavy atom. The highest BCUT2D eigenvalue weighted by Crippen LogP contribution is 2.25. The maximum atomic E-state index is 11.2. The number of nitrogen functional groups attached to an aromatic ring is 1. The summed E-state index contributed by atoms with van der Waals surface area (Å²) in [5.74, 6) is 2.47. The van der Waals surface area contributed by atoms with Crippen molar-refractivity contribution in [1.29, 1.82) is 0 Å². The predicted molar refractivity (Wildman–Crippen MR) is 65.0 cm³/mol. The molecule has 0 fully saturated rings. The molecular weight excluding hydrogens is 228 g/mol. The minimum Gasteiger partial charge on any atom is -0.490 e. The fraction of sp³-hybridized carbons (Fsp3) is 0.556. The topological polar surface area (TPSA) is 90.1 Å². The average molecular weight is 244 g/mol. The minimum absolute atomic E-state index is 0.289. The number of hydrogen-bond donors (Lipinski definition) is 2. The first kappa shape index (κ1) is 12.7. The summed E-state index contributed by atoms with van der Waals surface area (Å²) in [5, 5.41) is 3.02. The molecule has 0 aromatic carbocycles. The van der Waals surface area contributed by atoms with Gasteiger partial charge in [-0.15, -0.1) is 0 Å². The Hall–Kier alpha value is -1.37. The van der Waals surface area contributed by atoms with E-state index < -0.39 is 10.8 Å². The van der Waals surface area contributed by atoms with Crippen LogP contribution in [0.25, 0.3) is 0 Å². The molecule has 1 heterocycles. The van der Waals surface area contributed by atoms with E-state index in [0.29, 0.717) is 29.6 Å². The van der Waals surface area contributed by atoms with E-state index in [4.69, 9.17) is 10.5 Å². The molecule has 7 heteroatoms. The summed E-state index contributed by atoms with van der Waals surface area (Å²) in [5.41, 5.74) is 5.61. The van der Waals surface area contributed by atoms with Crippen molar-refractivity contribution in [2.75, 3.05) is 36.2 Å². The molecular formula is C9H16N4O2S. The number of ether oxygens (including phenoxy) is 1. The molecule has 0 aliphatic heterocycles. The van der Waals surface area contributed by atoms with Crippen molar-refractivity contribution >= 4 is 22.4 Å². The van der Waals surface area contributed by atoms with Gasteiger partial charge in [-0.3, -0.25) is 4.21 Å². The standard InChI is InChI=1S/C9H16N4O2S/c1-3-16(14)5-4-11-9-7(15-2)8(10)12-6-13-9/h6H,3-5H2,1-2H3,(H3,10,11,12,13). The van der Waals surface area contributed by atoms with Crippen molar-refractivity contribution in [2.45, 2.75) is 6.92 Å². The van der Waals surface area contributed by atoms with Crippen molar-refractivity contribution in [3.8, 4) is 5.75 Å². The van der Waals surface area contributed by atoms with E-state index in [1.807, 2.05) is 6.92 Å². The van der Waals surface area contributed by atoms with Gasteiger partial charge in [0.2, 0.25) is 5.75 Å². The van der Waals surface area contributed by atoms with Crippen LogP contribution in [0, 0.1) is 0 Å². The van der Waals surface area contributed by atoms with Gasteiger partial charge >= 0.3 is 0 Å². The van der Waals surface area contributed by atoms with Crippen LogP contribution in [-0.2, 0) is 10.8 Å². The quantitative estimate of drug-likeness (QED) is 0.745. The summed E-state index contributed by atoms with van der Waals surface area (Å²) < 4.78 is 16.3. The van der Waals surface area contributed by atoms with Gasteiger partial charge in [0.05, 0.1) is 7.11 Å². The largest absolute Gasteiger partial charge is 0.490 e. The van der Waals surface area contributed by atoms with E-state index in [9.17, 15) is 4.21 Å². The second-order valence-electron chi connectivity index (χ2n) is 3.00. The number of aromatic nitrogens is 2. The number of nitrogens with one attached hydrogen (secondary N) is 1. The van der Waals surface area contributed by atoms with Crippen molar-refractivity contribution in [2.24, 2.45) is 0 Å². The zero-order valence-corrected chi connectivity index (χ0v) is 10.2. The highest BCUT2D eigenvalue weighted by molar-refractivity contribution is 7.84. The number of anilines is 2. The Bertz CT molecular complexity index is 373. The second kappa shape index (κ2) is 6.26. The second-order valence-corrected chi connectivity index (χ2v) is 4.87. The molecule has 0 saturated carbocycles. The number of hydrogen-bond acceptors (Lipinski definition) is 6. The fourth-order valence-corrected chi connectivity index (χ4v) is 1.76. The molecule has 1 atom stereocenters. The van der Waals surface area contributed by atoms with Crippen LogP contribution in [0.3, 0.4) is 0 Å². The number of nitrogens with zero attached hydrogens (tertiary/aromatic N) is 2. The van der Waals surface area contributed by atoms with E-state index in [1.165, 1.54) is 13.4 Å². The Balaban J connectivity index is 2.60. The van der Waals surface area contributed by atoms with Crippen molar-refractivity contribution in [1.82, 2.24) is 9.97 Å². The van der Waals surface area contributed by atoms with Gasteiger partial charge in [-0.2, -0.15) is 0 Å². The van der Waals surface area contributed by atoms with Crippen LogP contribution in [0.5, 0.6) is 5.75 Å². The Labute approximate surface area is 97.1 Å². The zero-order valence-electron chi connectivity index (χ0n) is 9.40. The molecule has 6 nitrogen and oxygen atoms in total. The third-order valence-electron chi connectivity index (χ3n) is 1.98. The third-order valence-corrected chi connectivity index (χ3v) is 3.28. The molecule has 0 radical (unpaired) electrons. The van der Waals surface area contributed by atoms with Gasteiger partial charge < -0.3 is 15.8 Å². The molecule has 0 aliphatic carbocycles. The van der Waals surface area contributed by atoms with E-state index in [0.717, 1.165) is 0 Å². The van der Waals surface area contributed by atoms with Gasteiger partial charge in [-0.1, -0.05) is 6.92 Å². The monoisotopic (exact) mass is 244 g/mol. The molecule has 1 aromatic rings. The van der Waals surface area contributed by atoms with Crippen LogP contribution in [0.2, 0.25) is 0 Å². The lowest BCUT2D eigenvalue weighted by atomic mass is 10.4. The molecule has 3 N–H and O–H groups in total. The highest BCUT2D eigenvalue weighted by atomic mass is 32.2. The summed E-state index contributed by atoms with van der Waals surface area (Å²) in [6.07, 6.45) is 1.36. The molecule has 0 saturated heterocycles. The van der Waals surface area contributed by atoms with E-state index in [2.05, 4.69) is 15.3 Å². The summed E-state index contributed by atoms with van der Waals surface area (Å²) in [6, 6.07) is 0. The van der Waals surface area contributed by atoms with Crippen LogP contribution in [0.4, 0.5) is 11.6 Å². The molecule has 1 unspecified atom stereocenters.